The summed E-state index contributed by atoms with van der Waals surface area (Å²) in [5.74, 6) is 1.96. The zero-order valence-corrected chi connectivity index (χ0v) is 13.3. The molecule has 1 fully saturated rings. The normalized spacial score (nSPS) is 20.8. The highest BCUT2D eigenvalue weighted by Gasteiger charge is 2.30. The fourth-order valence-electron chi connectivity index (χ4n) is 2.44. The number of carbonyl (C=O) groups excluding carboxylic acids is 1. The summed E-state index contributed by atoms with van der Waals surface area (Å²) >= 11 is 0. The minimum Gasteiger partial charge on any atom is -0.465 e. The molecule has 0 aromatic carbocycles. The third-order valence-electron chi connectivity index (χ3n) is 3.78. The quantitative estimate of drug-likeness (QED) is 0.836. The van der Waals surface area contributed by atoms with Gasteiger partial charge in [0.1, 0.15) is 11.5 Å². The minimum atomic E-state index is -2.88. The van der Waals surface area contributed by atoms with Crippen molar-refractivity contribution < 1.29 is 17.6 Å². The van der Waals surface area contributed by atoms with Crippen LogP contribution in [0.15, 0.2) is 16.5 Å². The van der Waals surface area contributed by atoms with Gasteiger partial charge in [-0.3, -0.25) is 4.79 Å². The molecule has 0 aliphatic carbocycles. The van der Waals surface area contributed by atoms with Crippen molar-refractivity contribution in [3.8, 4) is 0 Å². The van der Waals surface area contributed by atoms with Crippen LogP contribution >= 0.6 is 0 Å². The number of aryl methyl sites for hydroxylation is 1. The molecule has 1 aliphatic heterocycles. The summed E-state index contributed by atoms with van der Waals surface area (Å²) in [5, 5.41) is 2.80. The lowest BCUT2D eigenvalue weighted by molar-refractivity contribution is -0.121. The van der Waals surface area contributed by atoms with Gasteiger partial charge >= 0.3 is 0 Å². The molecule has 1 atom stereocenters. The lowest BCUT2D eigenvalue weighted by Gasteiger charge is -2.22. The minimum absolute atomic E-state index is 0.0375. The second-order valence-electron chi connectivity index (χ2n) is 5.58. The predicted molar refractivity (Wildman–Crippen MR) is 79.6 cm³/mol. The zero-order chi connectivity index (χ0) is 15.5. The average Bonchev–Trinajstić information content (AvgIpc) is 2.99. The van der Waals surface area contributed by atoms with Gasteiger partial charge < -0.3 is 14.6 Å². The van der Waals surface area contributed by atoms with Crippen LogP contribution in [0, 0.1) is 6.92 Å². The largest absolute Gasteiger partial charge is 0.465 e. The van der Waals surface area contributed by atoms with E-state index in [0.717, 1.165) is 11.5 Å². The highest BCUT2D eigenvalue weighted by atomic mass is 32.2. The van der Waals surface area contributed by atoms with Crippen molar-refractivity contribution in [2.24, 2.45) is 0 Å². The monoisotopic (exact) mass is 314 g/mol. The number of nitrogens with zero attached hydrogens (tertiary/aromatic N) is 1. The third kappa shape index (κ3) is 4.86. The number of sulfone groups is 1. The van der Waals surface area contributed by atoms with Crippen molar-refractivity contribution in [1.29, 1.82) is 0 Å². The molecule has 0 saturated carbocycles. The molecule has 2 rings (SSSR count). The molecule has 0 radical (unpaired) electrons. The lowest BCUT2D eigenvalue weighted by atomic mass is 10.2. The Kier molecular flexibility index (Phi) is 5.05. The molecule has 0 unspecified atom stereocenters. The summed E-state index contributed by atoms with van der Waals surface area (Å²) in [5.41, 5.74) is 0. The van der Waals surface area contributed by atoms with Crippen LogP contribution in [-0.2, 0) is 21.2 Å². The zero-order valence-electron chi connectivity index (χ0n) is 12.5. The molecule has 2 heterocycles. The van der Waals surface area contributed by atoms with Gasteiger partial charge in [-0.05, 0) is 32.5 Å². The SMILES string of the molecule is Cc1ccc(CNC(=O)CCN(C)[C@@H]2CCS(=O)(=O)C2)o1. The van der Waals surface area contributed by atoms with Crippen molar-refractivity contribution in [3.63, 3.8) is 0 Å². The fraction of sp³-hybridized carbons (Fsp3) is 0.643. The van der Waals surface area contributed by atoms with Gasteiger partial charge in [0.15, 0.2) is 9.84 Å². The first kappa shape index (κ1) is 16.0. The van der Waals surface area contributed by atoms with E-state index in [0.29, 0.717) is 25.9 Å². The second-order valence-corrected chi connectivity index (χ2v) is 7.81. The van der Waals surface area contributed by atoms with Crippen LogP contribution in [0.25, 0.3) is 0 Å². The maximum absolute atomic E-state index is 11.8. The Labute approximate surface area is 125 Å². The smallest absolute Gasteiger partial charge is 0.221 e. The highest BCUT2D eigenvalue weighted by Crippen LogP contribution is 2.16. The number of nitrogens with one attached hydrogen (secondary N) is 1. The summed E-state index contributed by atoms with van der Waals surface area (Å²) in [4.78, 5) is 13.7. The van der Waals surface area contributed by atoms with E-state index in [-0.39, 0.29) is 23.5 Å². The van der Waals surface area contributed by atoms with E-state index >= 15 is 0 Å². The number of amides is 1. The van der Waals surface area contributed by atoms with Gasteiger partial charge in [-0.15, -0.1) is 0 Å². The molecule has 0 spiro atoms. The number of hydrogen-bond acceptors (Lipinski definition) is 5. The number of rotatable bonds is 6. The van der Waals surface area contributed by atoms with Crippen molar-refractivity contribution >= 4 is 15.7 Å². The summed E-state index contributed by atoms with van der Waals surface area (Å²) in [6.45, 7) is 2.80. The maximum atomic E-state index is 11.8. The van der Waals surface area contributed by atoms with Crippen LogP contribution in [0.5, 0.6) is 0 Å². The Morgan fingerprint density at radius 3 is 2.81 bits per heavy atom. The van der Waals surface area contributed by atoms with Gasteiger partial charge in [0.05, 0.1) is 18.1 Å². The summed E-state index contributed by atoms with van der Waals surface area (Å²) in [6, 6.07) is 3.73. The Morgan fingerprint density at radius 1 is 1.48 bits per heavy atom. The Bertz CT molecular complexity index is 594. The molecule has 0 bridgehead atoms. The van der Waals surface area contributed by atoms with E-state index in [1.807, 2.05) is 31.0 Å². The maximum Gasteiger partial charge on any atom is 0.221 e. The summed E-state index contributed by atoms with van der Waals surface area (Å²) in [6.07, 6.45) is 1.01. The molecule has 1 amide bonds. The van der Waals surface area contributed by atoms with Gasteiger partial charge in [0, 0.05) is 19.0 Å². The van der Waals surface area contributed by atoms with E-state index in [9.17, 15) is 13.2 Å². The third-order valence-corrected chi connectivity index (χ3v) is 5.53. The molecule has 1 saturated heterocycles. The molecule has 1 N–H and O–H groups in total. The predicted octanol–water partition coefficient (Wildman–Crippen LogP) is 0.713. The van der Waals surface area contributed by atoms with Gasteiger partial charge in [0.25, 0.3) is 0 Å². The topological polar surface area (TPSA) is 79.6 Å². The molecule has 21 heavy (non-hydrogen) atoms. The standard InChI is InChI=1S/C14H22N2O4S/c1-11-3-4-13(20-11)9-15-14(17)5-7-16(2)12-6-8-21(18,19)10-12/h3-4,12H,5-10H2,1-2H3,(H,15,17)/t12-/m1/s1. The average molecular weight is 314 g/mol. The Morgan fingerprint density at radius 2 is 2.24 bits per heavy atom. The van der Waals surface area contributed by atoms with Crippen LogP contribution in [0.2, 0.25) is 0 Å². The van der Waals surface area contributed by atoms with Crippen LogP contribution in [0.1, 0.15) is 24.4 Å². The van der Waals surface area contributed by atoms with E-state index in [2.05, 4.69) is 5.32 Å². The van der Waals surface area contributed by atoms with Gasteiger partial charge in [-0.2, -0.15) is 0 Å². The van der Waals surface area contributed by atoms with Crippen LogP contribution in [-0.4, -0.2) is 50.4 Å². The number of carbonyl (C=O) groups is 1. The van der Waals surface area contributed by atoms with Crippen molar-refractivity contribution in [3.05, 3.63) is 23.7 Å². The highest BCUT2D eigenvalue weighted by molar-refractivity contribution is 7.91. The number of hydrogen-bond donors (Lipinski definition) is 1. The molecule has 1 aromatic rings. The molecular formula is C14H22N2O4S. The van der Waals surface area contributed by atoms with E-state index in [1.54, 1.807) is 0 Å². The first-order chi connectivity index (χ1) is 9.85. The first-order valence-electron chi connectivity index (χ1n) is 7.08. The number of furan rings is 1. The summed E-state index contributed by atoms with van der Waals surface area (Å²) < 4.78 is 28.2. The fourth-order valence-corrected chi connectivity index (χ4v) is 4.24. The molecule has 118 valence electrons. The van der Waals surface area contributed by atoms with Gasteiger partial charge in [0.2, 0.25) is 5.91 Å². The molecule has 1 aliphatic rings. The van der Waals surface area contributed by atoms with Crippen LogP contribution in [0.4, 0.5) is 0 Å². The summed E-state index contributed by atoms with van der Waals surface area (Å²) in [7, 11) is -1.01. The van der Waals surface area contributed by atoms with Gasteiger partial charge in [-0.25, -0.2) is 8.42 Å². The Hall–Kier alpha value is -1.34. The lowest BCUT2D eigenvalue weighted by Crippen LogP contribution is -2.36. The molecule has 7 heteroatoms. The van der Waals surface area contributed by atoms with E-state index in [1.165, 1.54) is 0 Å². The molecule has 1 aromatic heterocycles. The van der Waals surface area contributed by atoms with Crippen molar-refractivity contribution in [2.45, 2.75) is 32.4 Å². The van der Waals surface area contributed by atoms with E-state index < -0.39 is 9.84 Å². The first-order valence-corrected chi connectivity index (χ1v) is 8.90. The van der Waals surface area contributed by atoms with Gasteiger partial charge in [-0.1, -0.05) is 0 Å². The molecular weight excluding hydrogens is 292 g/mol. The van der Waals surface area contributed by atoms with Crippen LogP contribution < -0.4 is 5.32 Å². The van der Waals surface area contributed by atoms with Crippen LogP contribution in [0.3, 0.4) is 0 Å². The molecule has 6 nitrogen and oxygen atoms in total. The second kappa shape index (κ2) is 6.62. The Balaban J connectivity index is 1.69. The van der Waals surface area contributed by atoms with E-state index in [4.69, 9.17) is 4.42 Å². The van der Waals surface area contributed by atoms with Crippen molar-refractivity contribution in [2.75, 3.05) is 25.1 Å². The van der Waals surface area contributed by atoms with Crippen molar-refractivity contribution in [1.82, 2.24) is 10.2 Å².